The Hall–Kier alpha value is -1.69. The molecule has 1 aromatic heterocycles. The number of esters is 2. The fourth-order valence-corrected chi connectivity index (χ4v) is 1.44. The van der Waals surface area contributed by atoms with Gasteiger partial charge in [-0.3, -0.25) is 14.5 Å². The van der Waals surface area contributed by atoms with E-state index in [4.69, 9.17) is 4.52 Å². The summed E-state index contributed by atoms with van der Waals surface area (Å²) >= 11 is 0. The van der Waals surface area contributed by atoms with Gasteiger partial charge in [0, 0.05) is 6.07 Å². The quantitative estimate of drug-likeness (QED) is 0.500. The normalized spacial score (nSPS) is 17.9. The van der Waals surface area contributed by atoms with Crippen LogP contribution >= 0.6 is 0 Å². The highest BCUT2D eigenvalue weighted by molar-refractivity contribution is 5.90. The van der Waals surface area contributed by atoms with E-state index in [-0.39, 0.29) is 13.1 Å². The Morgan fingerprint density at radius 2 is 2.07 bits per heavy atom. The van der Waals surface area contributed by atoms with Crippen LogP contribution in [0.15, 0.2) is 10.6 Å². The van der Waals surface area contributed by atoms with Gasteiger partial charge in [-0.2, -0.15) is 0 Å². The Labute approximate surface area is 85.8 Å². The van der Waals surface area contributed by atoms with Gasteiger partial charge in [0.25, 0.3) is 0 Å². The van der Waals surface area contributed by atoms with Crippen LogP contribution in [0.25, 0.3) is 0 Å². The van der Waals surface area contributed by atoms with Crippen LogP contribution in [0.5, 0.6) is 0 Å². The zero-order valence-corrected chi connectivity index (χ0v) is 8.23. The number of aryl methyl sites for hydroxylation is 1. The van der Waals surface area contributed by atoms with Crippen molar-refractivity contribution in [2.45, 2.75) is 13.5 Å². The smallest absolute Gasteiger partial charge is 0.327 e. The minimum atomic E-state index is -0.525. The van der Waals surface area contributed by atoms with Crippen molar-refractivity contribution in [2.24, 2.45) is 0 Å². The fourth-order valence-electron chi connectivity index (χ4n) is 1.44. The second-order valence-electron chi connectivity index (χ2n) is 3.43. The second-order valence-corrected chi connectivity index (χ2v) is 3.43. The molecule has 0 N–H and O–H groups in total. The number of morpholine rings is 1. The highest BCUT2D eigenvalue weighted by Crippen LogP contribution is 2.09. The van der Waals surface area contributed by atoms with Crippen LogP contribution in [0.4, 0.5) is 0 Å². The van der Waals surface area contributed by atoms with Crippen LogP contribution in [0.1, 0.15) is 11.5 Å². The molecule has 0 radical (unpaired) electrons. The lowest BCUT2D eigenvalue weighted by molar-refractivity contribution is -0.167. The molecule has 1 aliphatic heterocycles. The standard InChI is InChI=1S/C9H10N2O4/c1-6-2-7(15-10-6)3-11-4-8(12)14-9(13)5-11/h2H,3-5H2,1H3. The van der Waals surface area contributed by atoms with Gasteiger partial charge in [-0.1, -0.05) is 5.16 Å². The molecule has 0 unspecified atom stereocenters. The first kappa shape index (κ1) is 9.85. The lowest BCUT2D eigenvalue weighted by Gasteiger charge is -2.22. The zero-order chi connectivity index (χ0) is 10.8. The van der Waals surface area contributed by atoms with Crippen LogP contribution in [0.3, 0.4) is 0 Å². The molecule has 0 aliphatic carbocycles. The number of aromatic nitrogens is 1. The Kier molecular flexibility index (Phi) is 2.51. The zero-order valence-electron chi connectivity index (χ0n) is 8.23. The number of nitrogens with zero attached hydrogens (tertiary/aromatic N) is 2. The van der Waals surface area contributed by atoms with Crippen molar-refractivity contribution in [3.63, 3.8) is 0 Å². The van der Waals surface area contributed by atoms with Gasteiger partial charge in [-0.15, -0.1) is 0 Å². The maximum absolute atomic E-state index is 10.9. The molecule has 80 valence electrons. The van der Waals surface area contributed by atoms with Crippen LogP contribution in [-0.4, -0.2) is 35.1 Å². The predicted molar refractivity (Wildman–Crippen MR) is 47.6 cm³/mol. The third kappa shape index (κ3) is 2.41. The van der Waals surface area contributed by atoms with Gasteiger partial charge >= 0.3 is 11.9 Å². The van der Waals surface area contributed by atoms with Crippen molar-refractivity contribution < 1.29 is 18.8 Å². The number of rotatable bonds is 2. The number of ether oxygens (including phenoxy) is 1. The summed E-state index contributed by atoms with van der Waals surface area (Å²) in [5, 5.41) is 3.72. The van der Waals surface area contributed by atoms with Gasteiger partial charge in [0.05, 0.1) is 25.3 Å². The molecule has 1 aromatic rings. The number of cyclic esters (lactones) is 2. The van der Waals surface area contributed by atoms with Gasteiger partial charge in [-0.05, 0) is 6.92 Å². The highest BCUT2D eigenvalue weighted by Gasteiger charge is 2.25. The molecule has 0 amide bonds. The van der Waals surface area contributed by atoms with Crippen LogP contribution in [0.2, 0.25) is 0 Å². The summed E-state index contributed by atoms with van der Waals surface area (Å²) in [6, 6.07) is 1.77. The Morgan fingerprint density at radius 3 is 2.60 bits per heavy atom. The molecule has 0 saturated carbocycles. The molecular formula is C9H10N2O4. The van der Waals surface area contributed by atoms with Crippen molar-refractivity contribution in [1.82, 2.24) is 10.1 Å². The molecule has 2 rings (SSSR count). The molecule has 6 nitrogen and oxygen atoms in total. The van der Waals surface area contributed by atoms with Crippen LogP contribution < -0.4 is 0 Å². The maximum atomic E-state index is 10.9. The van der Waals surface area contributed by atoms with E-state index >= 15 is 0 Å². The average molecular weight is 210 g/mol. The van der Waals surface area contributed by atoms with E-state index in [2.05, 4.69) is 9.89 Å². The molecule has 6 heteroatoms. The highest BCUT2D eigenvalue weighted by atomic mass is 16.6. The summed E-state index contributed by atoms with van der Waals surface area (Å²) in [4.78, 5) is 23.5. The van der Waals surface area contributed by atoms with Crippen LogP contribution in [-0.2, 0) is 20.9 Å². The Balaban J connectivity index is 2.00. The number of carbonyl (C=O) groups excluding carboxylic acids is 2. The fraction of sp³-hybridized carbons (Fsp3) is 0.444. The van der Waals surface area contributed by atoms with E-state index in [0.29, 0.717) is 12.3 Å². The second kappa shape index (κ2) is 3.82. The molecule has 0 spiro atoms. The topological polar surface area (TPSA) is 72.6 Å². The minimum Gasteiger partial charge on any atom is -0.391 e. The largest absolute Gasteiger partial charge is 0.391 e. The Morgan fingerprint density at radius 1 is 1.40 bits per heavy atom. The maximum Gasteiger partial charge on any atom is 0.327 e. The number of hydrogen-bond acceptors (Lipinski definition) is 6. The molecule has 0 aromatic carbocycles. The van der Waals surface area contributed by atoms with E-state index in [0.717, 1.165) is 5.69 Å². The van der Waals surface area contributed by atoms with Gasteiger partial charge in [-0.25, -0.2) is 0 Å². The minimum absolute atomic E-state index is 0.103. The monoisotopic (exact) mass is 210 g/mol. The first-order valence-electron chi connectivity index (χ1n) is 4.51. The molecule has 1 fully saturated rings. The molecule has 1 saturated heterocycles. The SMILES string of the molecule is Cc1cc(CN2CC(=O)OC(=O)C2)on1. The van der Waals surface area contributed by atoms with Gasteiger partial charge in [0.15, 0.2) is 5.76 Å². The summed E-state index contributed by atoms with van der Waals surface area (Å²) in [5.41, 5.74) is 0.774. The summed E-state index contributed by atoms with van der Waals surface area (Å²) in [5.74, 6) is -0.417. The predicted octanol–water partition coefficient (Wildman–Crippen LogP) is -0.132. The van der Waals surface area contributed by atoms with Crippen molar-refractivity contribution >= 4 is 11.9 Å². The van der Waals surface area contributed by atoms with E-state index < -0.39 is 11.9 Å². The molecule has 0 bridgehead atoms. The van der Waals surface area contributed by atoms with E-state index in [9.17, 15) is 9.59 Å². The van der Waals surface area contributed by atoms with Crippen molar-refractivity contribution in [1.29, 1.82) is 0 Å². The van der Waals surface area contributed by atoms with E-state index in [1.165, 1.54) is 0 Å². The third-order valence-electron chi connectivity index (χ3n) is 1.99. The Bertz CT molecular complexity index is 383. The number of carbonyl (C=O) groups is 2. The van der Waals surface area contributed by atoms with E-state index in [1.807, 2.05) is 6.92 Å². The van der Waals surface area contributed by atoms with Gasteiger partial charge < -0.3 is 9.26 Å². The summed E-state index contributed by atoms with van der Waals surface area (Å²) < 4.78 is 9.38. The van der Waals surface area contributed by atoms with Gasteiger partial charge in [0.2, 0.25) is 0 Å². The van der Waals surface area contributed by atoms with Gasteiger partial charge in [0.1, 0.15) is 0 Å². The molecular weight excluding hydrogens is 200 g/mol. The molecule has 1 aliphatic rings. The first-order valence-corrected chi connectivity index (χ1v) is 4.51. The lowest BCUT2D eigenvalue weighted by atomic mass is 10.3. The van der Waals surface area contributed by atoms with Crippen molar-refractivity contribution in [2.75, 3.05) is 13.1 Å². The van der Waals surface area contributed by atoms with Crippen molar-refractivity contribution in [3.05, 3.63) is 17.5 Å². The summed E-state index contributed by atoms with van der Waals surface area (Å²) in [7, 11) is 0. The third-order valence-corrected chi connectivity index (χ3v) is 1.99. The molecule has 0 atom stereocenters. The first-order chi connectivity index (χ1) is 7.13. The van der Waals surface area contributed by atoms with Crippen LogP contribution in [0, 0.1) is 6.92 Å². The average Bonchev–Trinajstić information content (AvgIpc) is 2.49. The molecule has 2 heterocycles. The van der Waals surface area contributed by atoms with E-state index in [1.54, 1.807) is 11.0 Å². The lowest BCUT2D eigenvalue weighted by Crippen LogP contribution is -2.42. The summed E-state index contributed by atoms with van der Waals surface area (Å²) in [6.07, 6.45) is 0. The molecule has 15 heavy (non-hydrogen) atoms. The summed E-state index contributed by atoms with van der Waals surface area (Å²) in [6.45, 7) is 2.40. The number of hydrogen-bond donors (Lipinski definition) is 0. The van der Waals surface area contributed by atoms with Crippen molar-refractivity contribution in [3.8, 4) is 0 Å².